The van der Waals surface area contributed by atoms with Crippen molar-refractivity contribution >= 4 is 17.3 Å². The third-order valence-corrected chi connectivity index (χ3v) is 7.61. The molecule has 0 radical (unpaired) electrons. The van der Waals surface area contributed by atoms with Gasteiger partial charge in [-0.15, -0.1) is 0 Å². The van der Waals surface area contributed by atoms with Crippen molar-refractivity contribution < 1.29 is 0 Å². The maximum Gasteiger partial charge on any atom is 0.236 e. The maximum atomic E-state index is 5.14. The molecule has 0 saturated carbocycles. The highest BCUT2D eigenvalue weighted by molar-refractivity contribution is 5.93. The predicted octanol–water partition coefficient (Wildman–Crippen LogP) is 7.65. The van der Waals surface area contributed by atoms with Crippen LogP contribution in [0, 0.1) is 0 Å². The lowest BCUT2D eigenvalue weighted by molar-refractivity contribution is 0.627. The summed E-state index contributed by atoms with van der Waals surface area (Å²) in [5.74, 6) is 1.86. The first-order chi connectivity index (χ1) is 19.3. The van der Waals surface area contributed by atoms with Gasteiger partial charge in [0, 0.05) is 22.3 Å². The third-order valence-electron chi connectivity index (χ3n) is 7.61. The summed E-state index contributed by atoms with van der Waals surface area (Å²) in [5, 5.41) is 3.91. The molecule has 1 aromatic heterocycles. The Balaban J connectivity index is 1.45. The molecule has 0 saturated heterocycles. The average molecular weight is 502 g/mol. The highest BCUT2D eigenvalue weighted by Gasteiger charge is 2.54. The largest absolute Gasteiger partial charge is 0.353 e. The van der Waals surface area contributed by atoms with Gasteiger partial charge in [-0.3, -0.25) is 4.90 Å². The summed E-state index contributed by atoms with van der Waals surface area (Å²) < 4.78 is 0. The Labute approximate surface area is 226 Å². The van der Waals surface area contributed by atoms with E-state index >= 15 is 0 Å². The SMILES string of the molecule is c1ccc(-c2nc(-c3ccccc3)nc(N3c4ccccc4NC34c3ccccc3-c3ccccc34)n2)cc1. The lowest BCUT2D eigenvalue weighted by Gasteiger charge is -2.37. The number of aromatic nitrogens is 3. The van der Waals surface area contributed by atoms with Gasteiger partial charge in [0.1, 0.15) is 0 Å². The van der Waals surface area contributed by atoms with Crippen LogP contribution >= 0.6 is 0 Å². The lowest BCUT2D eigenvalue weighted by atomic mass is 9.96. The first-order valence-corrected chi connectivity index (χ1v) is 13.1. The standard InChI is InChI=1S/C34H23N5/c1-3-13-23(14-4-1)31-35-32(24-15-5-2-6-16-24)37-33(36-31)39-30-22-12-11-21-29(30)38-34(39)27-19-9-7-17-25(27)26-18-8-10-20-28(26)34/h1-22,38H. The van der Waals surface area contributed by atoms with Crippen LogP contribution in [-0.4, -0.2) is 15.0 Å². The highest BCUT2D eigenvalue weighted by Crippen LogP contribution is 2.58. The van der Waals surface area contributed by atoms with Crippen LogP contribution in [0.15, 0.2) is 133 Å². The molecular formula is C34H23N5. The molecule has 0 unspecified atom stereocenters. The van der Waals surface area contributed by atoms with Gasteiger partial charge in [-0.2, -0.15) is 9.97 Å². The molecule has 5 heteroatoms. The molecule has 5 aromatic carbocycles. The van der Waals surface area contributed by atoms with Gasteiger partial charge < -0.3 is 5.32 Å². The van der Waals surface area contributed by atoms with Gasteiger partial charge in [0.05, 0.1) is 11.4 Å². The van der Waals surface area contributed by atoms with E-state index in [4.69, 9.17) is 15.0 Å². The number of anilines is 3. The van der Waals surface area contributed by atoms with Crippen molar-refractivity contribution in [3.8, 4) is 33.9 Å². The monoisotopic (exact) mass is 501 g/mol. The average Bonchev–Trinajstić information content (AvgIpc) is 3.51. The molecule has 184 valence electrons. The molecule has 0 bridgehead atoms. The van der Waals surface area contributed by atoms with Gasteiger partial charge in [0.25, 0.3) is 0 Å². The normalized spacial score (nSPS) is 14.0. The summed E-state index contributed by atoms with van der Waals surface area (Å²) in [6.07, 6.45) is 0. The van der Waals surface area contributed by atoms with E-state index in [0.717, 1.165) is 22.5 Å². The van der Waals surface area contributed by atoms with Crippen molar-refractivity contribution in [2.45, 2.75) is 5.66 Å². The van der Waals surface area contributed by atoms with Gasteiger partial charge >= 0.3 is 0 Å². The minimum atomic E-state index is -0.708. The van der Waals surface area contributed by atoms with Crippen molar-refractivity contribution in [3.63, 3.8) is 0 Å². The summed E-state index contributed by atoms with van der Waals surface area (Å²) in [5.41, 5.74) is 7.99. The molecular weight excluding hydrogens is 478 g/mol. The molecule has 1 spiro atoms. The maximum absolute atomic E-state index is 5.14. The van der Waals surface area contributed by atoms with Crippen LogP contribution in [-0.2, 0) is 5.66 Å². The Morgan fingerprint density at radius 2 is 0.974 bits per heavy atom. The molecule has 2 heterocycles. The van der Waals surface area contributed by atoms with Gasteiger partial charge in [-0.25, -0.2) is 4.98 Å². The molecule has 1 aliphatic carbocycles. The fourth-order valence-electron chi connectivity index (χ4n) is 5.95. The molecule has 1 N–H and O–H groups in total. The van der Waals surface area contributed by atoms with Crippen molar-refractivity contribution in [2.24, 2.45) is 0 Å². The number of nitrogens with zero attached hydrogens (tertiary/aromatic N) is 4. The predicted molar refractivity (Wildman–Crippen MR) is 156 cm³/mol. The van der Waals surface area contributed by atoms with Gasteiger partial charge in [-0.1, -0.05) is 121 Å². The molecule has 6 aromatic rings. The minimum absolute atomic E-state index is 0.590. The first-order valence-electron chi connectivity index (χ1n) is 13.1. The number of benzene rings is 5. The molecule has 1 aliphatic heterocycles. The second-order valence-electron chi connectivity index (χ2n) is 9.79. The van der Waals surface area contributed by atoms with Crippen LogP contribution in [0.5, 0.6) is 0 Å². The molecule has 5 nitrogen and oxygen atoms in total. The number of nitrogens with one attached hydrogen (secondary N) is 1. The van der Waals surface area contributed by atoms with Crippen LogP contribution in [0.2, 0.25) is 0 Å². The van der Waals surface area contributed by atoms with E-state index in [1.54, 1.807) is 0 Å². The fraction of sp³-hybridized carbons (Fsp3) is 0.0294. The van der Waals surface area contributed by atoms with Gasteiger partial charge in [0.15, 0.2) is 17.3 Å². The van der Waals surface area contributed by atoms with Crippen LogP contribution in [0.1, 0.15) is 11.1 Å². The van der Waals surface area contributed by atoms with Crippen molar-refractivity contribution in [3.05, 3.63) is 145 Å². The van der Waals surface area contributed by atoms with Crippen molar-refractivity contribution in [1.82, 2.24) is 15.0 Å². The first kappa shape index (κ1) is 21.8. The zero-order valence-corrected chi connectivity index (χ0v) is 21.0. The smallest absolute Gasteiger partial charge is 0.236 e. The molecule has 8 rings (SSSR count). The lowest BCUT2D eigenvalue weighted by Crippen LogP contribution is -2.45. The van der Waals surface area contributed by atoms with Crippen LogP contribution in [0.25, 0.3) is 33.9 Å². The summed E-state index contributed by atoms with van der Waals surface area (Å²) in [6.45, 7) is 0. The van der Waals surface area contributed by atoms with E-state index < -0.39 is 5.66 Å². The molecule has 0 fully saturated rings. The zero-order chi connectivity index (χ0) is 25.8. The van der Waals surface area contributed by atoms with E-state index in [0.29, 0.717) is 17.6 Å². The zero-order valence-electron chi connectivity index (χ0n) is 21.0. The Bertz CT molecular complexity index is 1750. The number of hydrogen-bond donors (Lipinski definition) is 1. The highest BCUT2D eigenvalue weighted by atomic mass is 15.4. The number of hydrogen-bond acceptors (Lipinski definition) is 5. The van der Waals surface area contributed by atoms with Crippen LogP contribution < -0.4 is 10.2 Å². The molecule has 0 amide bonds. The minimum Gasteiger partial charge on any atom is -0.353 e. The summed E-state index contributed by atoms with van der Waals surface area (Å²) >= 11 is 0. The second kappa shape index (κ2) is 8.36. The molecule has 2 aliphatic rings. The number of rotatable bonds is 3. The quantitative estimate of drug-likeness (QED) is 0.270. The Morgan fingerprint density at radius 3 is 1.56 bits per heavy atom. The van der Waals surface area contributed by atoms with Gasteiger partial charge in [0.2, 0.25) is 5.95 Å². The van der Waals surface area contributed by atoms with Crippen molar-refractivity contribution in [1.29, 1.82) is 0 Å². The Hall–Kier alpha value is -5.29. The number of para-hydroxylation sites is 2. The summed E-state index contributed by atoms with van der Waals surface area (Å²) in [7, 11) is 0. The topological polar surface area (TPSA) is 53.9 Å². The van der Waals surface area contributed by atoms with E-state index in [9.17, 15) is 0 Å². The van der Waals surface area contributed by atoms with Gasteiger partial charge in [-0.05, 0) is 23.3 Å². The molecule has 39 heavy (non-hydrogen) atoms. The van der Waals surface area contributed by atoms with E-state index in [-0.39, 0.29) is 0 Å². The van der Waals surface area contributed by atoms with E-state index in [1.807, 2.05) is 60.7 Å². The van der Waals surface area contributed by atoms with Crippen LogP contribution in [0.3, 0.4) is 0 Å². The van der Waals surface area contributed by atoms with E-state index in [2.05, 4.69) is 83.0 Å². The fourth-order valence-corrected chi connectivity index (χ4v) is 5.95. The van der Waals surface area contributed by atoms with E-state index in [1.165, 1.54) is 22.3 Å². The Morgan fingerprint density at radius 1 is 0.487 bits per heavy atom. The molecule has 0 atom stereocenters. The third kappa shape index (κ3) is 3.17. The second-order valence-corrected chi connectivity index (χ2v) is 9.79. The van der Waals surface area contributed by atoms with Crippen LogP contribution in [0.4, 0.5) is 17.3 Å². The Kier molecular flexibility index (Phi) is 4.67. The van der Waals surface area contributed by atoms with Crippen molar-refractivity contribution in [2.75, 3.05) is 10.2 Å². The summed E-state index contributed by atoms with van der Waals surface area (Å²) in [4.78, 5) is 17.5. The summed E-state index contributed by atoms with van der Waals surface area (Å²) in [6, 6.07) is 45.8. The number of fused-ring (bicyclic) bond motifs is 6.